The zero-order chi connectivity index (χ0) is 14.3. The highest BCUT2D eigenvalue weighted by Gasteiger charge is 2.18. The van der Waals surface area contributed by atoms with Crippen LogP contribution in [0.25, 0.3) is 11.0 Å². The Bertz CT molecular complexity index is 774. The molecule has 0 spiro atoms. The quantitative estimate of drug-likeness (QED) is 0.654. The van der Waals surface area contributed by atoms with Crippen molar-refractivity contribution in [1.29, 1.82) is 0 Å². The molecule has 0 bridgehead atoms. The van der Waals surface area contributed by atoms with Crippen molar-refractivity contribution >= 4 is 33.6 Å². The summed E-state index contributed by atoms with van der Waals surface area (Å²) >= 11 is 2.27. The van der Waals surface area contributed by atoms with Gasteiger partial charge in [0.15, 0.2) is 0 Å². The number of aliphatic hydroxyl groups is 1. The largest absolute Gasteiger partial charge is 0.458 e. The van der Waals surface area contributed by atoms with E-state index in [-0.39, 0.29) is 0 Å². The Kier molecular flexibility index (Phi) is 3.56. The van der Waals surface area contributed by atoms with Crippen LogP contribution >= 0.6 is 22.6 Å². The molecule has 3 heteroatoms. The maximum Gasteiger partial charge on any atom is 0.138 e. The van der Waals surface area contributed by atoms with E-state index in [0.717, 1.165) is 25.7 Å². The van der Waals surface area contributed by atoms with Crippen molar-refractivity contribution in [2.75, 3.05) is 0 Å². The third-order valence-electron chi connectivity index (χ3n) is 3.48. The number of rotatable bonds is 2. The Morgan fingerprint density at radius 3 is 2.70 bits per heavy atom. The molecule has 0 aliphatic carbocycles. The van der Waals surface area contributed by atoms with Gasteiger partial charge in [0, 0.05) is 14.5 Å². The smallest absolute Gasteiger partial charge is 0.138 e. The van der Waals surface area contributed by atoms with Crippen LogP contribution in [0.4, 0.5) is 0 Å². The average Bonchev–Trinajstić information content (AvgIpc) is 2.84. The molecule has 0 aliphatic heterocycles. The maximum absolute atomic E-state index is 10.6. The van der Waals surface area contributed by atoms with Crippen LogP contribution in [0.1, 0.15) is 28.6 Å². The van der Waals surface area contributed by atoms with Crippen LogP contribution in [0.3, 0.4) is 0 Å². The molecule has 1 heterocycles. The van der Waals surface area contributed by atoms with E-state index in [1.165, 1.54) is 5.56 Å². The summed E-state index contributed by atoms with van der Waals surface area (Å²) in [7, 11) is 0. The normalized spacial score (nSPS) is 12.8. The summed E-state index contributed by atoms with van der Waals surface area (Å²) in [5.41, 5.74) is 4.05. The van der Waals surface area contributed by atoms with Crippen LogP contribution in [0.2, 0.25) is 0 Å². The molecule has 0 fully saturated rings. The molecular formula is C17H15IO2. The van der Waals surface area contributed by atoms with E-state index in [2.05, 4.69) is 28.7 Å². The van der Waals surface area contributed by atoms with E-state index in [9.17, 15) is 5.11 Å². The number of benzene rings is 2. The fraction of sp³-hybridized carbons (Fsp3) is 0.176. The van der Waals surface area contributed by atoms with E-state index in [1.54, 1.807) is 0 Å². The van der Waals surface area contributed by atoms with Crippen molar-refractivity contribution in [2.45, 2.75) is 20.0 Å². The summed E-state index contributed by atoms with van der Waals surface area (Å²) in [4.78, 5) is 0. The standard InChI is InChI=1S/C17H15IO2/c1-10-6-7-14-12(8-10)9-15(20-14)17(19)13-5-3-4-11(2)16(13)18/h3-9,17,19H,1-2H3. The first kappa shape index (κ1) is 13.6. The van der Waals surface area contributed by atoms with Crippen LogP contribution in [0, 0.1) is 17.4 Å². The van der Waals surface area contributed by atoms with Crippen molar-refractivity contribution in [3.8, 4) is 0 Å². The minimum Gasteiger partial charge on any atom is -0.458 e. The first-order valence-electron chi connectivity index (χ1n) is 6.49. The van der Waals surface area contributed by atoms with Crippen LogP contribution < -0.4 is 0 Å². The van der Waals surface area contributed by atoms with Gasteiger partial charge >= 0.3 is 0 Å². The summed E-state index contributed by atoms with van der Waals surface area (Å²) in [5, 5.41) is 11.6. The fourth-order valence-electron chi connectivity index (χ4n) is 2.35. The number of halogens is 1. The molecule has 0 aliphatic rings. The second-order valence-corrected chi connectivity index (χ2v) is 6.15. The zero-order valence-electron chi connectivity index (χ0n) is 11.4. The molecule has 2 nitrogen and oxygen atoms in total. The Morgan fingerprint density at radius 1 is 1.10 bits per heavy atom. The number of aliphatic hydroxyl groups excluding tert-OH is 1. The molecular weight excluding hydrogens is 363 g/mol. The van der Waals surface area contributed by atoms with Gasteiger partial charge in [-0.1, -0.05) is 29.8 Å². The maximum atomic E-state index is 10.6. The van der Waals surface area contributed by atoms with Gasteiger partial charge in [-0.15, -0.1) is 0 Å². The lowest BCUT2D eigenvalue weighted by Crippen LogP contribution is -2.01. The topological polar surface area (TPSA) is 33.4 Å². The Morgan fingerprint density at radius 2 is 1.90 bits per heavy atom. The highest BCUT2D eigenvalue weighted by molar-refractivity contribution is 14.1. The van der Waals surface area contributed by atoms with Crippen LogP contribution in [0.5, 0.6) is 0 Å². The minimum atomic E-state index is -0.727. The summed E-state index contributed by atoms with van der Waals surface area (Å²) in [6.07, 6.45) is -0.727. The lowest BCUT2D eigenvalue weighted by molar-refractivity contribution is 0.191. The predicted octanol–water partition coefficient (Wildman–Crippen LogP) is 4.74. The van der Waals surface area contributed by atoms with Crippen LogP contribution in [-0.2, 0) is 0 Å². The van der Waals surface area contributed by atoms with Gasteiger partial charge in [0.05, 0.1) is 0 Å². The van der Waals surface area contributed by atoms with Crippen molar-refractivity contribution in [2.24, 2.45) is 0 Å². The van der Waals surface area contributed by atoms with Crippen molar-refractivity contribution in [1.82, 2.24) is 0 Å². The van der Waals surface area contributed by atoms with E-state index in [0.29, 0.717) is 5.76 Å². The summed E-state index contributed by atoms with van der Waals surface area (Å²) < 4.78 is 6.86. The Balaban J connectivity index is 2.08. The van der Waals surface area contributed by atoms with Gasteiger partial charge in [-0.2, -0.15) is 0 Å². The Labute approximate surface area is 131 Å². The number of furan rings is 1. The third-order valence-corrected chi connectivity index (χ3v) is 4.95. The lowest BCUT2D eigenvalue weighted by atomic mass is 10.0. The number of hydrogen-bond acceptors (Lipinski definition) is 2. The average molecular weight is 378 g/mol. The molecule has 1 aromatic heterocycles. The van der Waals surface area contributed by atoms with Gasteiger partial charge in [-0.3, -0.25) is 0 Å². The number of fused-ring (bicyclic) bond motifs is 1. The van der Waals surface area contributed by atoms with Crippen molar-refractivity contribution < 1.29 is 9.52 Å². The van der Waals surface area contributed by atoms with Gasteiger partial charge in [0.1, 0.15) is 17.4 Å². The molecule has 1 atom stereocenters. The second-order valence-electron chi connectivity index (χ2n) is 5.07. The molecule has 2 aromatic carbocycles. The number of aryl methyl sites for hydroxylation is 2. The molecule has 1 unspecified atom stereocenters. The first-order chi connectivity index (χ1) is 9.56. The van der Waals surface area contributed by atoms with Crippen LogP contribution in [0.15, 0.2) is 46.9 Å². The molecule has 3 aromatic rings. The van der Waals surface area contributed by atoms with Crippen molar-refractivity contribution in [3.63, 3.8) is 0 Å². The molecule has 20 heavy (non-hydrogen) atoms. The van der Waals surface area contributed by atoms with Gasteiger partial charge in [0.2, 0.25) is 0 Å². The molecule has 0 saturated heterocycles. The highest BCUT2D eigenvalue weighted by Crippen LogP contribution is 2.31. The molecule has 3 rings (SSSR count). The molecule has 0 radical (unpaired) electrons. The third kappa shape index (κ3) is 2.36. The van der Waals surface area contributed by atoms with Crippen LogP contribution in [-0.4, -0.2) is 5.11 Å². The zero-order valence-corrected chi connectivity index (χ0v) is 13.5. The van der Waals surface area contributed by atoms with Gasteiger partial charge in [-0.05, 0) is 60.2 Å². The summed E-state index contributed by atoms with van der Waals surface area (Å²) in [6, 6.07) is 13.9. The Hall–Kier alpha value is -1.33. The second kappa shape index (κ2) is 5.22. The summed E-state index contributed by atoms with van der Waals surface area (Å²) in [6.45, 7) is 4.09. The lowest BCUT2D eigenvalue weighted by Gasteiger charge is -2.11. The highest BCUT2D eigenvalue weighted by atomic mass is 127. The van der Waals surface area contributed by atoms with Gasteiger partial charge < -0.3 is 9.52 Å². The molecule has 102 valence electrons. The van der Waals surface area contributed by atoms with Crippen molar-refractivity contribution in [3.05, 3.63) is 68.5 Å². The summed E-state index contributed by atoms with van der Waals surface area (Å²) in [5.74, 6) is 0.592. The van der Waals surface area contributed by atoms with Gasteiger partial charge in [-0.25, -0.2) is 0 Å². The SMILES string of the molecule is Cc1ccc2oc(C(O)c3cccc(C)c3I)cc2c1. The van der Waals surface area contributed by atoms with Gasteiger partial charge in [0.25, 0.3) is 0 Å². The molecule has 0 amide bonds. The predicted molar refractivity (Wildman–Crippen MR) is 88.9 cm³/mol. The first-order valence-corrected chi connectivity index (χ1v) is 7.57. The molecule has 1 N–H and O–H groups in total. The molecule has 0 saturated carbocycles. The number of hydrogen-bond donors (Lipinski definition) is 1. The van der Waals surface area contributed by atoms with E-state index in [4.69, 9.17) is 4.42 Å². The monoisotopic (exact) mass is 378 g/mol. The van der Waals surface area contributed by atoms with E-state index in [1.807, 2.05) is 50.2 Å². The van der Waals surface area contributed by atoms with E-state index < -0.39 is 6.10 Å². The fourth-order valence-corrected chi connectivity index (χ4v) is 3.01. The van der Waals surface area contributed by atoms with E-state index >= 15 is 0 Å². The minimum absolute atomic E-state index is 0.592.